The number of allylic oxidation sites excluding steroid dienone is 5. The number of nitrogens with zero attached hydrogens (tertiary/aromatic N) is 2. The van der Waals surface area contributed by atoms with Crippen molar-refractivity contribution in [3.63, 3.8) is 0 Å². The highest BCUT2D eigenvalue weighted by Gasteiger charge is 2.37. The number of carbonyl (C=O) groups is 2. The minimum absolute atomic E-state index is 0.144. The molecule has 0 saturated heterocycles. The summed E-state index contributed by atoms with van der Waals surface area (Å²) in [5, 5.41) is 4.10. The molecule has 0 spiro atoms. The van der Waals surface area contributed by atoms with Crippen molar-refractivity contribution in [2.45, 2.75) is 80.8 Å². The monoisotopic (exact) mass is 530 g/mol. The van der Waals surface area contributed by atoms with E-state index in [9.17, 15) is 9.59 Å². The maximum atomic E-state index is 13.8. The van der Waals surface area contributed by atoms with Gasteiger partial charge >= 0.3 is 5.97 Å². The van der Waals surface area contributed by atoms with Gasteiger partial charge in [-0.3, -0.25) is 14.6 Å². The Morgan fingerprint density at radius 1 is 1.13 bits per heavy atom. The van der Waals surface area contributed by atoms with E-state index in [-0.39, 0.29) is 29.5 Å². The maximum Gasteiger partial charge on any atom is 0.309 e. The fourth-order valence-corrected chi connectivity index (χ4v) is 4.60. The van der Waals surface area contributed by atoms with Crippen LogP contribution in [0.25, 0.3) is 11.1 Å². The van der Waals surface area contributed by atoms with Gasteiger partial charge in [0, 0.05) is 28.3 Å². The predicted molar refractivity (Wildman–Crippen MR) is 158 cm³/mol. The molecule has 1 aliphatic carbocycles. The molecule has 6 heteroatoms. The molecule has 0 aliphatic heterocycles. The Hall–Kier alpha value is -3.54. The summed E-state index contributed by atoms with van der Waals surface area (Å²) in [6.45, 7) is 21.2. The van der Waals surface area contributed by atoms with E-state index >= 15 is 0 Å². The second kappa shape index (κ2) is 12.1. The van der Waals surface area contributed by atoms with E-state index in [0.29, 0.717) is 22.6 Å². The first-order chi connectivity index (χ1) is 18.2. The molecule has 0 N–H and O–H groups in total. The summed E-state index contributed by atoms with van der Waals surface area (Å²) < 4.78 is 11.1. The molecule has 0 radical (unpaired) electrons. The molecule has 0 amide bonds. The van der Waals surface area contributed by atoms with Crippen molar-refractivity contribution < 1.29 is 18.8 Å². The first-order valence-corrected chi connectivity index (χ1v) is 13.7. The molecule has 208 valence electrons. The third-order valence-corrected chi connectivity index (χ3v) is 6.99. The molecular weight excluding hydrogens is 488 g/mol. The zero-order valence-corrected chi connectivity index (χ0v) is 24.8. The van der Waals surface area contributed by atoms with Gasteiger partial charge in [0.2, 0.25) is 0 Å². The molecule has 39 heavy (non-hydrogen) atoms. The predicted octanol–water partition coefficient (Wildman–Crippen LogP) is 8.23. The highest BCUT2D eigenvalue weighted by atomic mass is 16.6. The van der Waals surface area contributed by atoms with Gasteiger partial charge in [0.15, 0.2) is 5.78 Å². The van der Waals surface area contributed by atoms with E-state index < -0.39 is 5.60 Å². The SMILES string of the molecule is C=C(C=CC=CC)C(=O)c1cc(-c2c(C)noc2C)cc(C)c1N=C(C1CC1)C(C)C(C)C(=O)OC(C)(C)C. The van der Waals surface area contributed by atoms with Crippen LogP contribution in [-0.2, 0) is 9.53 Å². The Balaban J connectivity index is 2.15. The molecule has 3 rings (SSSR count). The molecule has 0 bridgehead atoms. The van der Waals surface area contributed by atoms with Crippen LogP contribution in [0.5, 0.6) is 0 Å². The molecule has 1 aromatic carbocycles. The number of aromatic nitrogens is 1. The highest BCUT2D eigenvalue weighted by Crippen LogP contribution is 2.40. The van der Waals surface area contributed by atoms with E-state index in [4.69, 9.17) is 14.3 Å². The van der Waals surface area contributed by atoms with Gasteiger partial charge in [-0.2, -0.15) is 0 Å². The second-order valence-corrected chi connectivity index (χ2v) is 11.5. The number of carbonyl (C=O) groups excluding carboxylic acids is 2. The van der Waals surface area contributed by atoms with Gasteiger partial charge in [-0.1, -0.05) is 49.9 Å². The lowest BCUT2D eigenvalue weighted by atomic mass is 9.88. The number of hydrogen-bond acceptors (Lipinski definition) is 6. The number of hydrogen-bond donors (Lipinski definition) is 0. The first kappa shape index (κ1) is 30.0. The fraction of sp³-hybridized carbons (Fsp3) is 0.455. The number of ketones is 1. The number of Topliss-reactive ketones (excluding diaryl/α,β-unsaturated/α-hetero) is 1. The van der Waals surface area contributed by atoms with Gasteiger partial charge in [0.05, 0.1) is 17.3 Å². The lowest BCUT2D eigenvalue weighted by Gasteiger charge is -2.26. The van der Waals surface area contributed by atoms with Crippen molar-refractivity contribution in [3.8, 4) is 11.1 Å². The van der Waals surface area contributed by atoms with Gasteiger partial charge in [-0.25, -0.2) is 0 Å². The molecule has 2 aromatic rings. The van der Waals surface area contributed by atoms with Crippen LogP contribution in [0, 0.1) is 38.5 Å². The molecule has 1 aliphatic rings. The third-order valence-electron chi connectivity index (χ3n) is 6.99. The van der Waals surface area contributed by atoms with Gasteiger partial charge in [-0.05, 0) is 90.5 Å². The Kier molecular flexibility index (Phi) is 9.31. The van der Waals surface area contributed by atoms with Crippen LogP contribution < -0.4 is 0 Å². The minimum atomic E-state index is -0.562. The number of benzene rings is 1. The van der Waals surface area contributed by atoms with E-state index in [0.717, 1.165) is 40.9 Å². The van der Waals surface area contributed by atoms with Crippen molar-refractivity contribution >= 4 is 23.2 Å². The third kappa shape index (κ3) is 7.31. The van der Waals surface area contributed by atoms with Crippen LogP contribution in [0.3, 0.4) is 0 Å². The Labute approximate surface area is 232 Å². The smallest absolute Gasteiger partial charge is 0.309 e. The largest absolute Gasteiger partial charge is 0.460 e. The van der Waals surface area contributed by atoms with Crippen molar-refractivity contribution in [2.24, 2.45) is 22.7 Å². The summed E-state index contributed by atoms with van der Waals surface area (Å²) in [7, 11) is 0. The quantitative estimate of drug-likeness (QED) is 0.102. The summed E-state index contributed by atoms with van der Waals surface area (Å²) >= 11 is 0. The zero-order valence-electron chi connectivity index (χ0n) is 24.8. The molecule has 1 fully saturated rings. The standard InChI is InChI=1S/C33H42N2O4/c1-11-12-13-14-19(2)31(36)27-18-26(28-23(6)35-39-24(28)7)17-20(3)29(27)34-30(25-15-16-25)21(4)22(5)32(37)38-33(8,9)10/h11-14,17-18,21-22,25H,2,15-16H2,1,3-10H3. The number of rotatable bonds is 10. The van der Waals surface area contributed by atoms with E-state index in [1.807, 2.05) is 86.6 Å². The second-order valence-electron chi connectivity index (χ2n) is 11.5. The van der Waals surface area contributed by atoms with Crippen molar-refractivity contribution in [3.05, 3.63) is 71.2 Å². The van der Waals surface area contributed by atoms with Crippen LogP contribution in [0.15, 0.2) is 58.1 Å². The minimum Gasteiger partial charge on any atom is -0.460 e. The average Bonchev–Trinajstić information content (AvgIpc) is 3.64. The van der Waals surface area contributed by atoms with Crippen molar-refractivity contribution in [1.29, 1.82) is 0 Å². The van der Waals surface area contributed by atoms with Gasteiger partial charge in [0.1, 0.15) is 11.4 Å². The number of esters is 1. The molecule has 2 unspecified atom stereocenters. The fourth-order valence-electron chi connectivity index (χ4n) is 4.60. The van der Waals surface area contributed by atoms with E-state index in [1.54, 1.807) is 12.2 Å². The normalized spacial score (nSPS) is 16.1. The maximum absolute atomic E-state index is 13.8. The summed E-state index contributed by atoms with van der Waals surface area (Å²) in [4.78, 5) is 31.9. The van der Waals surface area contributed by atoms with Crippen LogP contribution in [0.4, 0.5) is 5.69 Å². The van der Waals surface area contributed by atoms with Crippen LogP contribution in [0.2, 0.25) is 0 Å². The molecule has 6 nitrogen and oxygen atoms in total. The lowest BCUT2D eigenvalue weighted by molar-refractivity contribution is -0.160. The Morgan fingerprint density at radius 2 is 1.79 bits per heavy atom. The highest BCUT2D eigenvalue weighted by molar-refractivity contribution is 6.14. The molecular formula is C33H42N2O4. The average molecular weight is 531 g/mol. The van der Waals surface area contributed by atoms with Gasteiger partial charge in [0.25, 0.3) is 0 Å². The first-order valence-electron chi connectivity index (χ1n) is 13.7. The molecule has 1 saturated carbocycles. The van der Waals surface area contributed by atoms with E-state index in [1.165, 1.54) is 0 Å². The van der Waals surface area contributed by atoms with Crippen LogP contribution in [0.1, 0.15) is 81.8 Å². The zero-order chi connectivity index (χ0) is 29.1. The molecule has 2 atom stereocenters. The van der Waals surface area contributed by atoms with Gasteiger partial charge in [-0.15, -0.1) is 0 Å². The summed E-state index contributed by atoms with van der Waals surface area (Å²) in [6, 6.07) is 3.88. The number of aryl methyl sites for hydroxylation is 3. The Bertz CT molecular complexity index is 1330. The van der Waals surface area contributed by atoms with E-state index in [2.05, 4.69) is 11.7 Å². The van der Waals surface area contributed by atoms with Crippen molar-refractivity contribution in [1.82, 2.24) is 5.16 Å². The molecule has 1 aromatic heterocycles. The van der Waals surface area contributed by atoms with Crippen molar-refractivity contribution in [2.75, 3.05) is 0 Å². The summed E-state index contributed by atoms with van der Waals surface area (Å²) in [6.07, 6.45) is 9.29. The number of ether oxygens (including phenoxy) is 1. The lowest BCUT2D eigenvalue weighted by Crippen LogP contribution is -2.33. The topological polar surface area (TPSA) is 81.8 Å². The van der Waals surface area contributed by atoms with Crippen LogP contribution in [-0.4, -0.2) is 28.2 Å². The molecule has 1 heterocycles. The van der Waals surface area contributed by atoms with Gasteiger partial charge < -0.3 is 9.26 Å². The van der Waals surface area contributed by atoms with Crippen LogP contribution >= 0.6 is 0 Å². The summed E-state index contributed by atoms with van der Waals surface area (Å²) in [5.41, 5.74) is 5.15. The Morgan fingerprint density at radius 3 is 2.33 bits per heavy atom. The number of aliphatic imine (C=N–C) groups is 1. The summed E-state index contributed by atoms with van der Waals surface area (Å²) in [5.74, 6) is 0.0130.